The highest BCUT2D eigenvalue weighted by atomic mass is 16.2. The Morgan fingerprint density at radius 1 is 0.815 bits per heavy atom. The summed E-state index contributed by atoms with van der Waals surface area (Å²) in [6.07, 6.45) is 9.87. The van der Waals surface area contributed by atoms with Gasteiger partial charge < -0.3 is 15.5 Å². The lowest BCUT2D eigenvalue weighted by Crippen LogP contribution is -2.66. The van der Waals surface area contributed by atoms with E-state index < -0.39 is 5.66 Å². The Morgan fingerprint density at radius 3 is 2.15 bits per heavy atom. The van der Waals surface area contributed by atoms with Crippen molar-refractivity contribution in [1.82, 2.24) is 9.80 Å². The van der Waals surface area contributed by atoms with Gasteiger partial charge in [0, 0.05) is 30.8 Å². The van der Waals surface area contributed by atoms with Gasteiger partial charge in [-0.15, -0.1) is 0 Å². The van der Waals surface area contributed by atoms with Crippen molar-refractivity contribution in [1.29, 1.82) is 0 Å². The van der Waals surface area contributed by atoms with Crippen LogP contribution in [0, 0.1) is 5.92 Å². The zero-order valence-electron chi connectivity index (χ0n) is 16.2. The predicted octanol–water partition coefficient (Wildman–Crippen LogP) is 3.39. The summed E-state index contributed by atoms with van der Waals surface area (Å²) in [5.74, 6) is 0.513. The fraction of sp³-hybridized carbons (Fsp3) is 0.636. The van der Waals surface area contributed by atoms with Gasteiger partial charge in [-0.1, -0.05) is 6.42 Å². The van der Waals surface area contributed by atoms with Crippen molar-refractivity contribution >= 4 is 11.8 Å². The summed E-state index contributed by atoms with van der Waals surface area (Å²) < 4.78 is 0. The Kier molecular flexibility index (Phi) is 5.22. The zero-order valence-corrected chi connectivity index (χ0v) is 16.2. The van der Waals surface area contributed by atoms with Crippen LogP contribution in [0.3, 0.4) is 0 Å². The van der Waals surface area contributed by atoms with E-state index in [0.717, 1.165) is 64.6 Å². The second-order valence-electron chi connectivity index (χ2n) is 8.46. The van der Waals surface area contributed by atoms with Crippen LogP contribution in [0.15, 0.2) is 24.3 Å². The number of nitrogens with two attached hydrogens (primary N) is 1. The number of piperidine rings is 2. The van der Waals surface area contributed by atoms with Crippen molar-refractivity contribution in [2.75, 3.05) is 19.6 Å². The number of carbonyl (C=O) groups is 2. The molecule has 1 aromatic carbocycles. The lowest BCUT2D eigenvalue weighted by molar-refractivity contribution is -0.0170. The molecule has 1 unspecified atom stereocenters. The minimum Gasteiger partial charge on any atom is -0.339 e. The summed E-state index contributed by atoms with van der Waals surface area (Å²) >= 11 is 0. The third kappa shape index (κ3) is 3.49. The number of rotatable bonds is 2. The highest BCUT2D eigenvalue weighted by molar-refractivity contribution is 5.98. The van der Waals surface area contributed by atoms with Gasteiger partial charge in [-0.25, -0.2) is 0 Å². The molecule has 2 atom stereocenters. The fourth-order valence-electron chi connectivity index (χ4n) is 5.19. The average Bonchev–Trinajstić information content (AvgIpc) is 2.72. The van der Waals surface area contributed by atoms with Crippen LogP contribution in [0.4, 0.5) is 0 Å². The van der Waals surface area contributed by atoms with Crippen molar-refractivity contribution < 1.29 is 9.59 Å². The Bertz CT molecular complexity index is 694. The molecule has 3 fully saturated rings. The van der Waals surface area contributed by atoms with E-state index in [0.29, 0.717) is 17.0 Å². The summed E-state index contributed by atoms with van der Waals surface area (Å²) in [5, 5.41) is 0. The van der Waals surface area contributed by atoms with Gasteiger partial charge in [-0.05, 0) is 81.5 Å². The van der Waals surface area contributed by atoms with E-state index >= 15 is 0 Å². The van der Waals surface area contributed by atoms with Crippen molar-refractivity contribution in [2.45, 2.75) is 63.5 Å². The van der Waals surface area contributed by atoms with E-state index in [-0.39, 0.29) is 11.8 Å². The van der Waals surface area contributed by atoms with E-state index in [9.17, 15) is 9.59 Å². The Labute approximate surface area is 161 Å². The first kappa shape index (κ1) is 18.5. The van der Waals surface area contributed by atoms with Gasteiger partial charge in [-0.2, -0.15) is 0 Å². The second-order valence-corrected chi connectivity index (χ2v) is 8.46. The van der Waals surface area contributed by atoms with Crippen LogP contribution in [0.1, 0.15) is 78.5 Å². The summed E-state index contributed by atoms with van der Waals surface area (Å²) in [5.41, 5.74) is 7.59. The maximum Gasteiger partial charge on any atom is 0.255 e. The Balaban J connectivity index is 1.49. The monoisotopic (exact) mass is 369 g/mol. The van der Waals surface area contributed by atoms with E-state index in [4.69, 9.17) is 5.73 Å². The van der Waals surface area contributed by atoms with Crippen molar-refractivity contribution in [2.24, 2.45) is 11.7 Å². The molecule has 2 N–H and O–H groups in total. The van der Waals surface area contributed by atoms with Crippen LogP contribution < -0.4 is 5.73 Å². The molecule has 3 aliphatic rings. The first-order chi connectivity index (χ1) is 13.1. The van der Waals surface area contributed by atoms with Crippen LogP contribution in [0.2, 0.25) is 0 Å². The van der Waals surface area contributed by atoms with Crippen LogP contribution in [0.25, 0.3) is 0 Å². The molecule has 5 nitrogen and oxygen atoms in total. The minimum absolute atomic E-state index is 0.0149. The van der Waals surface area contributed by atoms with E-state index in [1.54, 1.807) is 24.3 Å². The summed E-state index contributed by atoms with van der Waals surface area (Å²) in [6, 6.07) is 7.20. The number of carbonyl (C=O) groups excluding carboxylic acids is 2. The highest BCUT2D eigenvalue weighted by Crippen LogP contribution is 2.41. The number of nitrogens with zero attached hydrogens (tertiary/aromatic N) is 2. The average molecular weight is 370 g/mol. The molecular formula is C22H31N3O2. The molecule has 27 heavy (non-hydrogen) atoms. The Hall–Kier alpha value is -1.88. The lowest BCUT2D eigenvalue weighted by Gasteiger charge is -2.52. The standard InChI is InChI=1S/C22H31N3O2/c23-22-13-3-2-7-19(22)8-6-16-25(22)21(27)18-11-9-17(10-12-18)20(26)24-14-4-1-5-15-24/h9-12,19H,1-8,13-16,23H2/t19-,22?/m1/s1. The number of benzene rings is 1. The van der Waals surface area contributed by atoms with Crippen LogP contribution >= 0.6 is 0 Å². The predicted molar refractivity (Wildman–Crippen MR) is 105 cm³/mol. The Morgan fingerprint density at radius 2 is 1.44 bits per heavy atom. The summed E-state index contributed by atoms with van der Waals surface area (Å²) in [7, 11) is 0. The molecule has 2 aliphatic heterocycles. The van der Waals surface area contributed by atoms with Gasteiger partial charge in [0.2, 0.25) is 0 Å². The fourth-order valence-corrected chi connectivity index (χ4v) is 5.19. The number of amides is 2. The zero-order chi connectivity index (χ0) is 18.9. The van der Waals surface area contributed by atoms with Crippen molar-refractivity contribution in [3.8, 4) is 0 Å². The molecular weight excluding hydrogens is 338 g/mol. The lowest BCUT2D eigenvalue weighted by atomic mass is 9.73. The maximum absolute atomic E-state index is 13.2. The number of fused-ring (bicyclic) bond motifs is 1. The van der Waals surface area contributed by atoms with E-state index in [1.807, 2.05) is 9.80 Å². The molecule has 2 heterocycles. The van der Waals surface area contributed by atoms with Gasteiger partial charge in [0.15, 0.2) is 0 Å². The number of likely N-dealkylation sites (tertiary alicyclic amines) is 2. The summed E-state index contributed by atoms with van der Waals surface area (Å²) in [4.78, 5) is 29.7. The molecule has 1 saturated carbocycles. The third-order valence-electron chi connectivity index (χ3n) is 6.79. The maximum atomic E-state index is 13.2. The van der Waals surface area contributed by atoms with Crippen molar-refractivity contribution in [3.05, 3.63) is 35.4 Å². The molecule has 1 aromatic rings. The van der Waals surface area contributed by atoms with Crippen LogP contribution in [-0.2, 0) is 0 Å². The van der Waals surface area contributed by atoms with Crippen LogP contribution in [-0.4, -0.2) is 46.9 Å². The molecule has 5 heteroatoms. The molecule has 0 aromatic heterocycles. The number of hydrogen-bond donors (Lipinski definition) is 1. The molecule has 146 valence electrons. The van der Waals surface area contributed by atoms with Gasteiger partial charge in [0.25, 0.3) is 11.8 Å². The van der Waals surface area contributed by atoms with Gasteiger partial charge >= 0.3 is 0 Å². The first-order valence-electron chi connectivity index (χ1n) is 10.6. The largest absolute Gasteiger partial charge is 0.339 e. The third-order valence-corrected chi connectivity index (χ3v) is 6.79. The van der Waals surface area contributed by atoms with Crippen LogP contribution in [0.5, 0.6) is 0 Å². The number of hydrogen-bond acceptors (Lipinski definition) is 3. The smallest absolute Gasteiger partial charge is 0.255 e. The van der Waals surface area contributed by atoms with Gasteiger partial charge in [0.05, 0.1) is 5.66 Å². The molecule has 2 saturated heterocycles. The molecule has 4 rings (SSSR count). The SMILES string of the molecule is NC12CCCC[C@@H]1CCCN2C(=O)c1ccc(C(=O)N2CCCCC2)cc1. The van der Waals surface area contributed by atoms with Crippen molar-refractivity contribution in [3.63, 3.8) is 0 Å². The van der Waals surface area contributed by atoms with Gasteiger partial charge in [0.1, 0.15) is 0 Å². The highest BCUT2D eigenvalue weighted by Gasteiger charge is 2.46. The quantitative estimate of drug-likeness (QED) is 0.869. The molecule has 1 aliphatic carbocycles. The first-order valence-corrected chi connectivity index (χ1v) is 10.6. The minimum atomic E-state index is -0.490. The molecule has 0 radical (unpaired) electrons. The topological polar surface area (TPSA) is 66.6 Å². The normalized spacial score (nSPS) is 28.6. The van der Waals surface area contributed by atoms with E-state index in [2.05, 4.69) is 0 Å². The molecule has 2 amide bonds. The summed E-state index contributed by atoms with van der Waals surface area (Å²) in [6.45, 7) is 2.41. The van der Waals surface area contributed by atoms with Gasteiger partial charge in [-0.3, -0.25) is 9.59 Å². The molecule has 0 bridgehead atoms. The second kappa shape index (κ2) is 7.63. The molecule has 0 spiro atoms. The van der Waals surface area contributed by atoms with E-state index in [1.165, 1.54) is 12.8 Å².